The van der Waals surface area contributed by atoms with Crippen molar-refractivity contribution in [3.8, 4) is 0 Å². The number of amides is 3. The summed E-state index contributed by atoms with van der Waals surface area (Å²) in [7, 11) is 0. The topological polar surface area (TPSA) is 81.7 Å². The Balaban J connectivity index is 2.01. The highest BCUT2D eigenvalue weighted by Gasteiger charge is 2.29. The fourth-order valence-electron chi connectivity index (χ4n) is 3.26. The predicted octanol–water partition coefficient (Wildman–Crippen LogP) is 1.98. The first-order valence-electron chi connectivity index (χ1n) is 8.85. The molecule has 1 aromatic carbocycles. The van der Waals surface area contributed by atoms with Crippen molar-refractivity contribution in [2.24, 2.45) is 0 Å². The lowest BCUT2D eigenvalue weighted by Gasteiger charge is -2.29. The Morgan fingerprint density at radius 1 is 1.28 bits per heavy atom. The monoisotopic (exact) mass is 347 g/mol. The zero-order valence-corrected chi connectivity index (χ0v) is 15.3. The van der Waals surface area contributed by atoms with Crippen molar-refractivity contribution < 1.29 is 14.7 Å². The third-order valence-electron chi connectivity index (χ3n) is 4.23. The quantitative estimate of drug-likeness (QED) is 0.735. The molecule has 6 heteroatoms. The van der Waals surface area contributed by atoms with E-state index in [1.54, 1.807) is 0 Å². The maximum atomic E-state index is 12.3. The van der Waals surface area contributed by atoms with Gasteiger partial charge in [-0.2, -0.15) is 0 Å². The Morgan fingerprint density at radius 3 is 2.68 bits per heavy atom. The highest BCUT2D eigenvalue weighted by molar-refractivity contribution is 5.95. The van der Waals surface area contributed by atoms with Crippen LogP contribution in [0.25, 0.3) is 0 Å². The maximum Gasteiger partial charge on any atom is 0.321 e. The number of hydrogen-bond donors (Lipinski definition) is 3. The molecular weight excluding hydrogens is 318 g/mol. The zero-order valence-electron chi connectivity index (χ0n) is 15.3. The van der Waals surface area contributed by atoms with Crippen molar-refractivity contribution in [3.63, 3.8) is 0 Å². The first-order chi connectivity index (χ1) is 11.8. The second-order valence-electron chi connectivity index (χ2n) is 7.55. The maximum absolute atomic E-state index is 12.3. The summed E-state index contributed by atoms with van der Waals surface area (Å²) in [5.41, 5.74) is 2.16. The second kappa shape index (κ2) is 8.45. The molecular formula is C19H29N3O3. The summed E-state index contributed by atoms with van der Waals surface area (Å²) in [6, 6.07) is 7.94. The number of hydrogen-bond acceptors (Lipinski definition) is 4. The van der Waals surface area contributed by atoms with Gasteiger partial charge in [-0.05, 0) is 51.2 Å². The molecule has 2 rings (SSSR count). The predicted molar refractivity (Wildman–Crippen MR) is 97.2 cm³/mol. The zero-order chi connectivity index (χ0) is 18.4. The van der Waals surface area contributed by atoms with E-state index < -0.39 is 11.6 Å². The van der Waals surface area contributed by atoms with E-state index in [1.807, 2.05) is 32.9 Å². The van der Waals surface area contributed by atoms with Crippen LogP contribution in [0.2, 0.25) is 0 Å². The van der Waals surface area contributed by atoms with E-state index in [9.17, 15) is 9.59 Å². The number of nitrogens with one attached hydrogen (secondary N) is 2. The van der Waals surface area contributed by atoms with E-state index in [0.29, 0.717) is 13.0 Å². The number of aryl methyl sites for hydroxylation is 1. The van der Waals surface area contributed by atoms with Crippen LogP contribution < -0.4 is 10.6 Å². The van der Waals surface area contributed by atoms with Crippen molar-refractivity contribution in [2.75, 3.05) is 19.7 Å². The van der Waals surface area contributed by atoms with Gasteiger partial charge in [-0.3, -0.25) is 15.0 Å². The van der Waals surface area contributed by atoms with Crippen LogP contribution in [0.15, 0.2) is 24.3 Å². The van der Waals surface area contributed by atoms with Crippen molar-refractivity contribution in [3.05, 3.63) is 35.4 Å². The van der Waals surface area contributed by atoms with E-state index in [-0.39, 0.29) is 25.1 Å². The molecule has 1 aliphatic carbocycles. The summed E-state index contributed by atoms with van der Waals surface area (Å²) in [4.78, 5) is 26.2. The number of aliphatic hydroxyl groups is 1. The van der Waals surface area contributed by atoms with Crippen molar-refractivity contribution in [1.29, 1.82) is 0 Å². The first-order valence-corrected chi connectivity index (χ1v) is 8.85. The largest absolute Gasteiger partial charge is 0.396 e. The lowest BCUT2D eigenvalue weighted by Crippen LogP contribution is -2.50. The molecule has 0 saturated carbocycles. The highest BCUT2D eigenvalue weighted by Crippen LogP contribution is 2.35. The molecule has 0 saturated heterocycles. The Kier molecular flexibility index (Phi) is 6.56. The summed E-state index contributed by atoms with van der Waals surface area (Å²) in [5, 5.41) is 14.3. The number of rotatable bonds is 6. The summed E-state index contributed by atoms with van der Waals surface area (Å²) < 4.78 is 0. The van der Waals surface area contributed by atoms with Crippen molar-refractivity contribution in [2.45, 2.75) is 51.6 Å². The summed E-state index contributed by atoms with van der Waals surface area (Å²) in [6.07, 6.45) is 2.54. The Morgan fingerprint density at radius 2 is 2.00 bits per heavy atom. The number of carbonyl (C=O) groups is 2. The molecule has 1 aliphatic rings. The molecule has 0 heterocycles. The van der Waals surface area contributed by atoms with Gasteiger partial charge in [-0.15, -0.1) is 0 Å². The van der Waals surface area contributed by atoms with Crippen LogP contribution in [0.5, 0.6) is 0 Å². The summed E-state index contributed by atoms with van der Waals surface area (Å²) >= 11 is 0. The Labute approximate surface area is 149 Å². The van der Waals surface area contributed by atoms with Gasteiger partial charge in [-0.1, -0.05) is 24.3 Å². The fraction of sp³-hybridized carbons (Fsp3) is 0.579. The molecule has 3 amide bonds. The lowest BCUT2D eigenvalue weighted by molar-refractivity contribution is -0.121. The van der Waals surface area contributed by atoms with Gasteiger partial charge in [0, 0.05) is 24.7 Å². The van der Waals surface area contributed by atoms with Gasteiger partial charge in [0.05, 0.1) is 6.54 Å². The smallest absolute Gasteiger partial charge is 0.321 e. The molecule has 0 spiro atoms. The van der Waals surface area contributed by atoms with Crippen LogP contribution in [0.4, 0.5) is 4.79 Å². The van der Waals surface area contributed by atoms with Crippen LogP contribution >= 0.6 is 0 Å². The minimum atomic E-state index is -0.480. The van der Waals surface area contributed by atoms with Crippen LogP contribution in [-0.4, -0.2) is 47.2 Å². The Bertz CT molecular complexity index is 610. The number of fused-ring (bicyclic) bond motifs is 1. The minimum absolute atomic E-state index is 0.0804. The minimum Gasteiger partial charge on any atom is -0.396 e. The van der Waals surface area contributed by atoms with Crippen molar-refractivity contribution >= 4 is 11.9 Å². The normalized spacial score (nSPS) is 16.6. The van der Waals surface area contributed by atoms with Crippen LogP contribution in [0.3, 0.4) is 0 Å². The molecule has 1 aromatic rings. The fourth-order valence-corrected chi connectivity index (χ4v) is 3.26. The molecule has 1 atom stereocenters. The molecule has 0 radical (unpaired) electrons. The van der Waals surface area contributed by atoms with Crippen LogP contribution in [0, 0.1) is 0 Å². The molecule has 0 bridgehead atoms. The van der Waals surface area contributed by atoms with Gasteiger partial charge in [-0.25, -0.2) is 4.79 Å². The van der Waals surface area contributed by atoms with Gasteiger partial charge in [0.2, 0.25) is 5.91 Å². The number of benzene rings is 1. The lowest BCUT2D eigenvalue weighted by atomic mass is 10.1. The SMILES string of the molecule is CC(C)(C)NC(=O)NC(=O)CN(CCCO)[C@H]1CCc2ccccc21. The number of urea groups is 1. The van der Waals surface area contributed by atoms with Crippen LogP contribution in [0.1, 0.15) is 50.8 Å². The first kappa shape index (κ1) is 19.4. The molecule has 0 aliphatic heterocycles. The van der Waals surface area contributed by atoms with Gasteiger partial charge < -0.3 is 10.4 Å². The Hall–Kier alpha value is -1.92. The third-order valence-corrected chi connectivity index (χ3v) is 4.23. The van der Waals surface area contributed by atoms with Gasteiger partial charge in [0.25, 0.3) is 0 Å². The summed E-state index contributed by atoms with van der Waals surface area (Å²) in [5.74, 6) is -0.330. The number of imide groups is 1. The van der Waals surface area contributed by atoms with Gasteiger partial charge >= 0.3 is 6.03 Å². The summed E-state index contributed by atoms with van der Waals surface area (Å²) in [6.45, 7) is 6.41. The average molecular weight is 347 g/mol. The standard InChI is InChI=1S/C19H29N3O3/c1-19(2,3)21-18(25)20-17(24)13-22(11-6-12-23)16-10-9-14-7-4-5-8-15(14)16/h4-5,7-8,16,23H,6,9-13H2,1-3H3,(H2,20,21,24,25)/t16-/m0/s1. The molecule has 3 N–H and O–H groups in total. The van der Waals surface area contributed by atoms with Gasteiger partial charge in [0.1, 0.15) is 0 Å². The molecule has 6 nitrogen and oxygen atoms in total. The molecule has 0 fully saturated rings. The van der Waals surface area contributed by atoms with E-state index in [0.717, 1.165) is 12.8 Å². The molecule has 0 unspecified atom stereocenters. The molecule has 0 aromatic heterocycles. The molecule has 25 heavy (non-hydrogen) atoms. The average Bonchev–Trinajstić information content (AvgIpc) is 2.93. The van der Waals surface area contributed by atoms with Crippen molar-refractivity contribution in [1.82, 2.24) is 15.5 Å². The van der Waals surface area contributed by atoms with Crippen LogP contribution in [-0.2, 0) is 11.2 Å². The van der Waals surface area contributed by atoms with Gasteiger partial charge in [0.15, 0.2) is 0 Å². The number of carbonyl (C=O) groups excluding carboxylic acids is 2. The van der Waals surface area contributed by atoms with E-state index in [2.05, 4.69) is 27.7 Å². The second-order valence-corrected chi connectivity index (χ2v) is 7.55. The third kappa shape index (κ3) is 5.83. The number of nitrogens with zero attached hydrogens (tertiary/aromatic N) is 1. The van der Waals surface area contributed by atoms with E-state index in [1.165, 1.54) is 11.1 Å². The molecule has 138 valence electrons. The van der Waals surface area contributed by atoms with E-state index >= 15 is 0 Å². The number of aliphatic hydroxyl groups excluding tert-OH is 1. The highest BCUT2D eigenvalue weighted by atomic mass is 16.3. The van der Waals surface area contributed by atoms with E-state index in [4.69, 9.17) is 5.11 Å².